The van der Waals surface area contributed by atoms with Crippen LogP contribution in [0.5, 0.6) is 0 Å². The molecule has 0 aliphatic heterocycles. The van der Waals surface area contributed by atoms with Crippen LogP contribution in [-0.2, 0) is 9.53 Å². The van der Waals surface area contributed by atoms with Gasteiger partial charge >= 0.3 is 5.97 Å². The Hall–Kier alpha value is -0.280. The van der Waals surface area contributed by atoms with E-state index in [0.29, 0.717) is 0 Å². The first kappa shape index (κ1) is 14.7. The lowest BCUT2D eigenvalue weighted by molar-refractivity contribution is -0.142. The Morgan fingerprint density at radius 2 is 2.00 bits per heavy atom. The molecule has 1 aliphatic rings. The number of carbonyl (C=O) groups is 1. The molecule has 0 heterocycles. The fourth-order valence-corrected chi connectivity index (χ4v) is 2.16. The van der Waals surface area contributed by atoms with E-state index in [1.807, 2.05) is 0 Å². The maximum absolute atomic E-state index is 11.0. The number of nitrogens with two attached hydrogens (primary N) is 1. The van der Waals surface area contributed by atoms with Crippen molar-refractivity contribution in [3.8, 4) is 0 Å². The number of esters is 1. The number of hydrogen-bond acceptors (Lipinski definition) is 3. The molecule has 0 aromatic rings. The van der Waals surface area contributed by atoms with Crippen molar-refractivity contribution in [2.24, 2.45) is 11.7 Å². The standard InChI is InChI=1S/C11H21NO2.ClH/c1-14-11(13)10(12)8-7-9-5-3-2-4-6-9;/h9-10H,2-8,12H2,1H3;1H/t10-;/m1./s1. The molecule has 1 fully saturated rings. The molecule has 2 N–H and O–H groups in total. The molecule has 0 aromatic heterocycles. The van der Waals surface area contributed by atoms with E-state index in [4.69, 9.17) is 5.73 Å². The Bertz CT molecular complexity index is 181. The second-order valence-electron chi connectivity index (χ2n) is 4.21. The monoisotopic (exact) mass is 235 g/mol. The highest BCUT2D eigenvalue weighted by Crippen LogP contribution is 2.27. The summed E-state index contributed by atoms with van der Waals surface area (Å²) < 4.78 is 4.59. The summed E-state index contributed by atoms with van der Waals surface area (Å²) in [6.45, 7) is 0. The van der Waals surface area contributed by atoms with E-state index < -0.39 is 6.04 Å². The lowest BCUT2D eigenvalue weighted by Gasteiger charge is -2.22. The van der Waals surface area contributed by atoms with E-state index >= 15 is 0 Å². The molecule has 0 spiro atoms. The van der Waals surface area contributed by atoms with Crippen molar-refractivity contribution in [1.82, 2.24) is 0 Å². The number of carbonyl (C=O) groups excluding carboxylic acids is 1. The third-order valence-electron chi connectivity index (χ3n) is 3.11. The number of methoxy groups -OCH3 is 1. The van der Waals surface area contributed by atoms with Crippen molar-refractivity contribution in [3.63, 3.8) is 0 Å². The van der Waals surface area contributed by atoms with E-state index in [9.17, 15) is 4.79 Å². The van der Waals surface area contributed by atoms with Crippen LogP contribution >= 0.6 is 12.4 Å². The molecule has 0 bridgehead atoms. The smallest absolute Gasteiger partial charge is 0.322 e. The van der Waals surface area contributed by atoms with Crippen molar-refractivity contribution in [2.45, 2.75) is 51.0 Å². The first-order chi connectivity index (χ1) is 6.74. The van der Waals surface area contributed by atoms with Gasteiger partial charge in [-0.3, -0.25) is 4.79 Å². The van der Waals surface area contributed by atoms with Crippen LogP contribution in [0.15, 0.2) is 0 Å². The predicted octanol–water partition coefficient (Wildman–Crippen LogP) is 2.27. The first-order valence-corrected chi connectivity index (χ1v) is 5.57. The molecule has 0 aromatic carbocycles. The van der Waals surface area contributed by atoms with Gasteiger partial charge in [0.05, 0.1) is 7.11 Å². The van der Waals surface area contributed by atoms with E-state index in [-0.39, 0.29) is 18.4 Å². The number of halogens is 1. The molecule has 0 radical (unpaired) electrons. The summed E-state index contributed by atoms with van der Waals surface area (Å²) in [6, 6.07) is -0.415. The van der Waals surface area contributed by atoms with Gasteiger partial charge in [0.25, 0.3) is 0 Å². The van der Waals surface area contributed by atoms with Gasteiger partial charge in [0.15, 0.2) is 0 Å². The van der Waals surface area contributed by atoms with Gasteiger partial charge in [-0.15, -0.1) is 12.4 Å². The van der Waals surface area contributed by atoms with E-state index in [0.717, 1.165) is 18.8 Å². The molecule has 1 saturated carbocycles. The van der Waals surface area contributed by atoms with Crippen LogP contribution < -0.4 is 5.73 Å². The lowest BCUT2D eigenvalue weighted by Crippen LogP contribution is -2.32. The second-order valence-corrected chi connectivity index (χ2v) is 4.21. The van der Waals surface area contributed by atoms with Gasteiger partial charge in [0.1, 0.15) is 6.04 Å². The Morgan fingerprint density at radius 3 is 2.53 bits per heavy atom. The van der Waals surface area contributed by atoms with E-state index in [1.54, 1.807) is 0 Å². The van der Waals surface area contributed by atoms with E-state index in [1.165, 1.54) is 39.2 Å². The summed E-state index contributed by atoms with van der Waals surface area (Å²) in [5, 5.41) is 0. The third kappa shape index (κ3) is 5.38. The van der Waals surface area contributed by atoms with Gasteiger partial charge in [0, 0.05) is 0 Å². The highest BCUT2D eigenvalue weighted by molar-refractivity contribution is 5.85. The number of ether oxygens (including phenoxy) is 1. The summed E-state index contributed by atoms with van der Waals surface area (Å²) in [5.74, 6) is 0.514. The maximum Gasteiger partial charge on any atom is 0.322 e. The topological polar surface area (TPSA) is 52.3 Å². The Balaban J connectivity index is 0.00000196. The van der Waals surface area contributed by atoms with Crippen molar-refractivity contribution in [2.75, 3.05) is 7.11 Å². The molecule has 15 heavy (non-hydrogen) atoms. The van der Waals surface area contributed by atoms with Gasteiger partial charge in [-0.2, -0.15) is 0 Å². The van der Waals surface area contributed by atoms with Crippen LogP contribution in [0.3, 0.4) is 0 Å². The molecule has 4 heteroatoms. The highest BCUT2D eigenvalue weighted by Gasteiger charge is 2.18. The predicted molar refractivity (Wildman–Crippen MR) is 63.0 cm³/mol. The van der Waals surface area contributed by atoms with Gasteiger partial charge in [0.2, 0.25) is 0 Å². The molecule has 0 amide bonds. The Labute approximate surface area is 98.2 Å². The number of rotatable bonds is 4. The zero-order valence-electron chi connectivity index (χ0n) is 9.41. The average molecular weight is 236 g/mol. The van der Waals surface area contributed by atoms with Crippen LogP contribution in [0.4, 0.5) is 0 Å². The van der Waals surface area contributed by atoms with Gasteiger partial charge in [-0.25, -0.2) is 0 Å². The zero-order valence-corrected chi connectivity index (χ0v) is 10.2. The molecular formula is C11H22ClNO2. The average Bonchev–Trinajstić information content (AvgIpc) is 2.26. The molecule has 1 atom stereocenters. The van der Waals surface area contributed by atoms with Gasteiger partial charge in [-0.1, -0.05) is 32.1 Å². The normalized spacial score (nSPS) is 19.1. The molecule has 1 rings (SSSR count). The van der Waals surface area contributed by atoms with Crippen molar-refractivity contribution in [3.05, 3.63) is 0 Å². The van der Waals surface area contributed by atoms with Crippen LogP contribution in [-0.4, -0.2) is 19.1 Å². The zero-order chi connectivity index (χ0) is 10.4. The van der Waals surface area contributed by atoms with E-state index in [2.05, 4.69) is 4.74 Å². The molecule has 1 aliphatic carbocycles. The van der Waals surface area contributed by atoms with Crippen LogP contribution in [0, 0.1) is 5.92 Å². The van der Waals surface area contributed by atoms with Crippen molar-refractivity contribution >= 4 is 18.4 Å². The SMILES string of the molecule is COC(=O)[C@H](N)CCC1CCCCC1.Cl. The fourth-order valence-electron chi connectivity index (χ4n) is 2.16. The van der Waals surface area contributed by atoms with Gasteiger partial charge in [-0.05, 0) is 18.8 Å². The summed E-state index contributed by atoms with van der Waals surface area (Å²) in [7, 11) is 1.39. The Morgan fingerprint density at radius 1 is 1.40 bits per heavy atom. The molecular weight excluding hydrogens is 214 g/mol. The Kier molecular flexibility index (Phi) is 7.79. The summed E-state index contributed by atoms with van der Waals surface area (Å²) >= 11 is 0. The lowest BCUT2D eigenvalue weighted by atomic mass is 9.85. The minimum absolute atomic E-state index is 0. The third-order valence-corrected chi connectivity index (χ3v) is 3.11. The summed E-state index contributed by atoms with van der Waals surface area (Å²) in [4.78, 5) is 11.0. The molecule has 3 nitrogen and oxygen atoms in total. The highest BCUT2D eigenvalue weighted by atomic mass is 35.5. The summed E-state index contributed by atoms with van der Waals surface area (Å²) in [5.41, 5.74) is 5.67. The van der Waals surface area contributed by atoms with Gasteiger partial charge < -0.3 is 10.5 Å². The summed E-state index contributed by atoms with van der Waals surface area (Å²) in [6.07, 6.45) is 8.55. The quantitative estimate of drug-likeness (QED) is 0.761. The minimum atomic E-state index is -0.415. The van der Waals surface area contributed by atoms with Crippen molar-refractivity contribution in [1.29, 1.82) is 0 Å². The van der Waals surface area contributed by atoms with Crippen LogP contribution in [0.1, 0.15) is 44.9 Å². The molecule has 0 unspecified atom stereocenters. The molecule has 0 saturated heterocycles. The largest absolute Gasteiger partial charge is 0.468 e. The fraction of sp³-hybridized carbons (Fsp3) is 0.909. The molecule has 90 valence electrons. The van der Waals surface area contributed by atoms with Crippen molar-refractivity contribution < 1.29 is 9.53 Å². The second kappa shape index (κ2) is 7.94. The van der Waals surface area contributed by atoms with Crippen LogP contribution in [0.25, 0.3) is 0 Å². The minimum Gasteiger partial charge on any atom is -0.468 e. The first-order valence-electron chi connectivity index (χ1n) is 5.57. The number of hydrogen-bond donors (Lipinski definition) is 1. The maximum atomic E-state index is 11.0. The van der Waals surface area contributed by atoms with Crippen LogP contribution in [0.2, 0.25) is 0 Å².